The van der Waals surface area contributed by atoms with Gasteiger partial charge in [-0.1, -0.05) is 17.7 Å². The van der Waals surface area contributed by atoms with E-state index in [1.54, 1.807) is 12.1 Å². The zero-order chi connectivity index (χ0) is 18.0. The Morgan fingerprint density at radius 3 is 2.72 bits per heavy atom. The molecule has 4 nitrogen and oxygen atoms in total. The summed E-state index contributed by atoms with van der Waals surface area (Å²) in [5.74, 6) is 0.963. The standard InChI is InChI=1S/C19H23ClFN3O/c1-13(2)24-11-8-22-19(24)14-6-9-23(10-7-14)18(25)12-15-16(20)4-3-5-17(15)21/h3-5,8,11,13-14H,6-7,9-10,12H2,1-2H3. The van der Waals surface area contributed by atoms with Crippen molar-refractivity contribution in [3.05, 3.63) is 52.8 Å². The molecule has 6 heteroatoms. The Bertz CT molecular complexity index is 731. The monoisotopic (exact) mass is 363 g/mol. The summed E-state index contributed by atoms with van der Waals surface area (Å²) < 4.78 is 16.1. The number of carbonyl (C=O) groups is 1. The molecule has 0 spiro atoms. The Balaban J connectivity index is 1.62. The lowest BCUT2D eigenvalue weighted by molar-refractivity contribution is -0.131. The van der Waals surface area contributed by atoms with Crippen molar-refractivity contribution < 1.29 is 9.18 Å². The molecule has 1 fully saturated rings. The lowest BCUT2D eigenvalue weighted by Crippen LogP contribution is -2.39. The summed E-state index contributed by atoms with van der Waals surface area (Å²) in [5.41, 5.74) is 0.284. The van der Waals surface area contributed by atoms with Gasteiger partial charge in [-0.25, -0.2) is 9.37 Å². The number of hydrogen-bond acceptors (Lipinski definition) is 2. The minimum atomic E-state index is -0.422. The van der Waals surface area contributed by atoms with Crippen molar-refractivity contribution in [1.29, 1.82) is 0 Å². The summed E-state index contributed by atoms with van der Waals surface area (Å²) in [6.45, 7) is 5.62. The van der Waals surface area contributed by atoms with Gasteiger partial charge in [0.05, 0.1) is 6.42 Å². The van der Waals surface area contributed by atoms with Crippen LogP contribution in [0.2, 0.25) is 5.02 Å². The van der Waals surface area contributed by atoms with Gasteiger partial charge in [-0.3, -0.25) is 4.79 Å². The Morgan fingerprint density at radius 2 is 2.08 bits per heavy atom. The van der Waals surface area contributed by atoms with Crippen LogP contribution in [0.5, 0.6) is 0 Å². The van der Waals surface area contributed by atoms with Crippen LogP contribution in [0.25, 0.3) is 0 Å². The third kappa shape index (κ3) is 3.87. The van der Waals surface area contributed by atoms with Crippen LogP contribution in [0.1, 0.15) is 50.0 Å². The van der Waals surface area contributed by atoms with Crippen molar-refractivity contribution in [1.82, 2.24) is 14.5 Å². The Kier molecular flexibility index (Phi) is 5.42. The van der Waals surface area contributed by atoms with Gasteiger partial charge in [-0.15, -0.1) is 0 Å². The van der Waals surface area contributed by atoms with E-state index in [1.807, 2.05) is 17.3 Å². The van der Waals surface area contributed by atoms with Gasteiger partial charge in [0.2, 0.25) is 5.91 Å². The van der Waals surface area contributed by atoms with E-state index in [-0.39, 0.29) is 17.9 Å². The first-order chi connectivity index (χ1) is 12.0. The van der Waals surface area contributed by atoms with E-state index in [2.05, 4.69) is 23.4 Å². The molecular formula is C19H23ClFN3O. The molecule has 2 aromatic rings. The van der Waals surface area contributed by atoms with Gasteiger partial charge in [0.15, 0.2) is 0 Å². The van der Waals surface area contributed by atoms with Crippen molar-refractivity contribution >= 4 is 17.5 Å². The highest BCUT2D eigenvalue weighted by Gasteiger charge is 2.27. The topological polar surface area (TPSA) is 38.1 Å². The quantitative estimate of drug-likeness (QED) is 0.816. The van der Waals surface area contributed by atoms with Crippen LogP contribution in [0.4, 0.5) is 4.39 Å². The average Bonchev–Trinajstić information content (AvgIpc) is 3.08. The fourth-order valence-electron chi connectivity index (χ4n) is 3.43. The molecule has 0 atom stereocenters. The van der Waals surface area contributed by atoms with Crippen molar-refractivity contribution in [2.75, 3.05) is 13.1 Å². The number of likely N-dealkylation sites (tertiary alicyclic amines) is 1. The first kappa shape index (κ1) is 17.9. The predicted octanol–water partition coefficient (Wildman–Crippen LogP) is 4.21. The van der Waals surface area contributed by atoms with E-state index >= 15 is 0 Å². The molecule has 0 radical (unpaired) electrons. The van der Waals surface area contributed by atoms with Gasteiger partial charge in [0, 0.05) is 48.0 Å². The lowest BCUT2D eigenvalue weighted by atomic mass is 9.95. The number of hydrogen-bond donors (Lipinski definition) is 0. The summed E-state index contributed by atoms with van der Waals surface area (Å²) >= 11 is 6.03. The van der Waals surface area contributed by atoms with Gasteiger partial charge < -0.3 is 9.47 Å². The van der Waals surface area contributed by atoms with Gasteiger partial charge in [-0.05, 0) is 38.8 Å². The zero-order valence-electron chi connectivity index (χ0n) is 14.6. The van der Waals surface area contributed by atoms with Gasteiger partial charge in [-0.2, -0.15) is 0 Å². The molecule has 0 bridgehead atoms. The maximum Gasteiger partial charge on any atom is 0.227 e. The summed E-state index contributed by atoms with van der Waals surface area (Å²) in [6.07, 6.45) is 5.61. The number of amides is 1. The molecule has 134 valence electrons. The van der Waals surface area contributed by atoms with Crippen LogP contribution in [-0.2, 0) is 11.2 Å². The number of rotatable bonds is 4. The van der Waals surface area contributed by atoms with E-state index in [0.29, 0.717) is 30.1 Å². The summed E-state index contributed by atoms with van der Waals surface area (Å²) in [4.78, 5) is 18.8. The Labute approximate surface area is 152 Å². The number of imidazole rings is 1. The van der Waals surface area contributed by atoms with Gasteiger partial charge in [0.25, 0.3) is 0 Å². The Hall–Kier alpha value is -1.88. The fraction of sp³-hybridized carbons (Fsp3) is 0.474. The summed E-state index contributed by atoms with van der Waals surface area (Å²) in [6, 6.07) is 4.88. The molecule has 1 aromatic heterocycles. The van der Waals surface area contributed by atoms with Crippen LogP contribution in [0.15, 0.2) is 30.6 Å². The highest BCUT2D eigenvalue weighted by atomic mass is 35.5. The molecule has 2 heterocycles. The van der Waals surface area contributed by atoms with Crippen LogP contribution >= 0.6 is 11.6 Å². The molecule has 0 unspecified atom stereocenters. The molecule has 1 aliphatic heterocycles. The first-order valence-electron chi connectivity index (χ1n) is 8.70. The van der Waals surface area contributed by atoms with Crippen molar-refractivity contribution in [2.24, 2.45) is 0 Å². The van der Waals surface area contributed by atoms with Gasteiger partial charge >= 0.3 is 0 Å². The normalized spacial score (nSPS) is 15.8. The molecule has 1 saturated heterocycles. The average molecular weight is 364 g/mol. The van der Waals surface area contributed by atoms with E-state index in [4.69, 9.17) is 11.6 Å². The van der Waals surface area contributed by atoms with E-state index in [1.165, 1.54) is 6.07 Å². The number of benzene rings is 1. The van der Waals surface area contributed by atoms with Crippen molar-refractivity contribution in [3.8, 4) is 0 Å². The second kappa shape index (κ2) is 7.56. The van der Waals surface area contributed by atoms with Crippen LogP contribution < -0.4 is 0 Å². The molecule has 0 N–H and O–H groups in total. The van der Waals surface area contributed by atoms with E-state index in [0.717, 1.165) is 18.7 Å². The molecule has 0 saturated carbocycles. The molecule has 0 aliphatic carbocycles. The molecule has 1 aromatic carbocycles. The predicted molar refractivity (Wildman–Crippen MR) is 96.3 cm³/mol. The third-order valence-corrected chi connectivity index (χ3v) is 5.21. The molecule has 1 aliphatic rings. The molecular weight excluding hydrogens is 341 g/mol. The SMILES string of the molecule is CC(C)n1ccnc1C1CCN(C(=O)Cc2c(F)cccc2Cl)CC1. The van der Waals surface area contributed by atoms with E-state index < -0.39 is 5.82 Å². The summed E-state index contributed by atoms with van der Waals surface area (Å²) in [5, 5.41) is 0.308. The lowest BCUT2D eigenvalue weighted by Gasteiger charge is -2.32. The van der Waals surface area contributed by atoms with Crippen LogP contribution in [-0.4, -0.2) is 33.4 Å². The number of carbonyl (C=O) groups excluding carboxylic acids is 1. The minimum absolute atomic E-state index is 0.0107. The zero-order valence-corrected chi connectivity index (χ0v) is 15.3. The molecule has 1 amide bonds. The first-order valence-corrected chi connectivity index (χ1v) is 9.08. The van der Waals surface area contributed by atoms with Crippen molar-refractivity contribution in [3.63, 3.8) is 0 Å². The Morgan fingerprint density at radius 1 is 1.36 bits per heavy atom. The number of nitrogens with zero attached hydrogens (tertiary/aromatic N) is 3. The van der Waals surface area contributed by atoms with E-state index in [9.17, 15) is 9.18 Å². The number of halogens is 2. The highest BCUT2D eigenvalue weighted by Crippen LogP contribution is 2.29. The van der Waals surface area contributed by atoms with Crippen LogP contribution in [0, 0.1) is 5.82 Å². The van der Waals surface area contributed by atoms with Gasteiger partial charge in [0.1, 0.15) is 11.6 Å². The minimum Gasteiger partial charge on any atom is -0.342 e. The highest BCUT2D eigenvalue weighted by molar-refractivity contribution is 6.31. The fourth-order valence-corrected chi connectivity index (χ4v) is 3.66. The second-order valence-corrected chi connectivity index (χ2v) is 7.23. The third-order valence-electron chi connectivity index (χ3n) is 4.86. The molecule has 25 heavy (non-hydrogen) atoms. The summed E-state index contributed by atoms with van der Waals surface area (Å²) in [7, 11) is 0. The largest absolute Gasteiger partial charge is 0.342 e. The van der Waals surface area contributed by atoms with Crippen molar-refractivity contribution in [2.45, 2.75) is 45.1 Å². The maximum atomic E-state index is 13.9. The smallest absolute Gasteiger partial charge is 0.227 e. The second-order valence-electron chi connectivity index (χ2n) is 6.82. The maximum absolute atomic E-state index is 13.9. The number of piperidine rings is 1. The van der Waals surface area contributed by atoms with Crippen LogP contribution in [0.3, 0.4) is 0 Å². The molecule has 3 rings (SSSR count). The number of aromatic nitrogens is 2.